The van der Waals surface area contributed by atoms with Gasteiger partial charge >= 0.3 is 0 Å². The van der Waals surface area contributed by atoms with Crippen molar-refractivity contribution >= 4 is 5.91 Å². The van der Waals surface area contributed by atoms with Crippen LogP contribution >= 0.6 is 0 Å². The van der Waals surface area contributed by atoms with Gasteiger partial charge in [-0.3, -0.25) is 4.79 Å². The van der Waals surface area contributed by atoms with Gasteiger partial charge < -0.3 is 10.6 Å². The Morgan fingerprint density at radius 1 is 1.05 bits per heavy atom. The Kier molecular flexibility index (Phi) is 4.65. The molecule has 0 aromatic heterocycles. The molecule has 4 atom stereocenters. The molecule has 2 aliphatic carbocycles. The minimum atomic E-state index is 0.0779. The first-order valence-electron chi connectivity index (χ1n) is 8.80. The molecule has 1 saturated heterocycles. The Morgan fingerprint density at radius 2 is 1.75 bits per heavy atom. The summed E-state index contributed by atoms with van der Waals surface area (Å²) in [5.41, 5.74) is 0. The van der Waals surface area contributed by atoms with E-state index in [0.717, 1.165) is 12.3 Å². The van der Waals surface area contributed by atoms with Crippen molar-refractivity contribution in [3.8, 4) is 0 Å². The van der Waals surface area contributed by atoms with Gasteiger partial charge in [0.05, 0.1) is 6.04 Å². The first-order valence-corrected chi connectivity index (χ1v) is 8.80. The molecular formula is C17H30N2O. The van der Waals surface area contributed by atoms with Gasteiger partial charge in [-0.25, -0.2) is 0 Å². The van der Waals surface area contributed by atoms with Crippen LogP contribution in [0.1, 0.15) is 71.1 Å². The quantitative estimate of drug-likeness (QED) is 0.833. The molecule has 3 nitrogen and oxygen atoms in total. The van der Waals surface area contributed by atoms with E-state index in [2.05, 4.69) is 17.6 Å². The first kappa shape index (κ1) is 14.4. The third kappa shape index (κ3) is 3.19. The molecule has 0 bridgehead atoms. The predicted octanol–water partition coefficient (Wildman–Crippen LogP) is 2.99. The number of hydrogen-bond donors (Lipinski definition) is 2. The number of hydrogen-bond acceptors (Lipinski definition) is 2. The lowest BCUT2D eigenvalue weighted by atomic mass is 9.84. The Balaban J connectivity index is 1.49. The molecule has 2 N–H and O–H groups in total. The molecular weight excluding hydrogens is 248 g/mol. The number of carbonyl (C=O) groups is 1. The summed E-state index contributed by atoms with van der Waals surface area (Å²) in [6.45, 7) is 2.20. The van der Waals surface area contributed by atoms with Gasteiger partial charge in [-0.15, -0.1) is 0 Å². The fraction of sp³-hybridized carbons (Fsp3) is 0.941. The maximum absolute atomic E-state index is 12.5. The summed E-state index contributed by atoms with van der Waals surface area (Å²) in [6.07, 6.45) is 13.0. The Bertz CT molecular complexity index is 324. The highest BCUT2D eigenvalue weighted by molar-refractivity contribution is 5.82. The molecule has 114 valence electrons. The zero-order valence-electron chi connectivity index (χ0n) is 12.9. The Morgan fingerprint density at radius 3 is 2.50 bits per heavy atom. The van der Waals surface area contributed by atoms with Crippen LogP contribution in [0.25, 0.3) is 0 Å². The van der Waals surface area contributed by atoms with Gasteiger partial charge in [0.2, 0.25) is 5.91 Å². The molecule has 0 aromatic carbocycles. The molecule has 2 saturated carbocycles. The third-order valence-corrected chi connectivity index (χ3v) is 5.91. The van der Waals surface area contributed by atoms with Crippen LogP contribution in [-0.2, 0) is 4.79 Å². The topological polar surface area (TPSA) is 41.1 Å². The van der Waals surface area contributed by atoms with E-state index < -0.39 is 0 Å². The van der Waals surface area contributed by atoms with E-state index >= 15 is 0 Å². The molecule has 1 heterocycles. The van der Waals surface area contributed by atoms with Crippen molar-refractivity contribution in [2.75, 3.05) is 0 Å². The zero-order valence-corrected chi connectivity index (χ0v) is 12.9. The van der Waals surface area contributed by atoms with E-state index in [-0.39, 0.29) is 11.9 Å². The monoisotopic (exact) mass is 278 g/mol. The second kappa shape index (κ2) is 6.46. The number of nitrogens with one attached hydrogen (secondary N) is 2. The second-order valence-electron chi connectivity index (χ2n) is 7.30. The molecule has 0 aromatic rings. The Hall–Kier alpha value is -0.570. The maximum Gasteiger partial charge on any atom is 0.237 e. The van der Waals surface area contributed by atoms with E-state index in [9.17, 15) is 4.79 Å². The predicted molar refractivity (Wildman–Crippen MR) is 81.5 cm³/mol. The lowest BCUT2D eigenvalue weighted by molar-refractivity contribution is -0.123. The van der Waals surface area contributed by atoms with E-state index in [1.165, 1.54) is 57.8 Å². The summed E-state index contributed by atoms with van der Waals surface area (Å²) >= 11 is 0. The van der Waals surface area contributed by atoms with Crippen LogP contribution in [0.15, 0.2) is 0 Å². The molecule has 1 aliphatic heterocycles. The third-order valence-electron chi connectivity index (χ3n) is 5.91. The van der Waals surface area contributed by atoms with Crippen LogP contribution in [0.5, 0.6) is 0 Å². The normalized spacial score (nSPS) is 36.4. The molecule has 1 amide bonds. The lowest BCUT2D eigenvalue weighted by Gasteiger charge is -2.29. The van der Waals surface area contributed by atoms with Crippen LogP contribution < -0.4 is 10.6 Å². The minimum absolute atomic E-state index is 0.0779. The first-order chi connectivity index (χ1) is 9.74. The highest BCUT2D eigenvalue weighted by atomic mass is 16.2. The lowest BCUT2D eigenvalue weighted by Crippen LogP contribution is -2.48. The van der Waals surface area contributed by atoms with Crippen molar-refractivity contribution in [2.24, 2.45) is 11.8 Å². The molecule has 3 unspecified atom stereocenters. The fourth-order valence-corrected chi connectivity index (χ4v) is 4.60. The molecule has 0 spiro atoms. The van der Waals surface area contributed by atoms with E-state index in [1.807, 2.05) is 0 Å². The number of fused-ring (bicyclic) bond motifs is 1. The van der Waals surface area contributed by atoms with Gasteiger partial charge in [-0.05, 0) is 50.9 Å². The number of carbonyl (C=O) groups excluding carboxylic acids is 1. The zero-order chi connectivity index (χ0) is 13.9. The van der Waals surface area contributed by atoms with Gasteiger partial charge in [0.15, 0.2) is 0 Å². The average Bonchev–Trinajstić information content (AvgIpc) is 2.92. The molecule has 20 heavy (non-hydrogen) atoms. The fourth-order valence-electron chi connectivity index (χ4n) is 4.60. The van der Waals surface area contributed by atoms with Crippen LogP contribution in [-0.4, -0.2) is 24.0 Å². The van der Waals surface area contributed by atoms with Crippen LogP contribution in [0, 0.1) is 11.8 Å². The van der Waals surface area contributed by atoms with Crippen LogP contribution in [0.2, 0.25) is 0 Å². The molecule has 3 heteroatoms. The SMILES string of the molecule is C[C@@H](NC(=O)C1CC2CCCCC2N1)C1CCCCC1. The summed E-state index contributed by atoms with van der Waals surface area (Å²) in [6, 6.07) is 1.05. The average molecular weight is 278 g/mol. The van der Waals surface area contributed by atoms with E-state index in [1.54, 1.807) is 0 Å². The smallest absolute Gasteiger partial charge is 0.237 e. The largest absolute Gasteiger partial charge is 0.352 e. The van der Waals surface area contributed by atoms with Gasteiger partial charge in [0.1, 0.15) is 0 Å². The summed E-state index contributed by atoms with van der Waals surface area (Å²) < 4.78 is 0. The standard InChI is InChI=1S/C17H30N2O/c1-12(13-7-3-2-4-8-13)18-17(20)16-11-14-9-5-6-10-15(14)19-16/h12-16,19H,2-11H2,1H3,(H,18,20)/t12-,14?,15?,16?/m1/s1. The number of amides is 1. The highest BCUT2D eigenvalue weighted by Gasteiger charge is 2.38. The molecule has 3 aliphatic rings. The molecule has 3 fully saturated rings. The van der Waals surface area contributed by atoms with Crippen molar-refractivity contribution in [2.45, 2.75) is 89.3 Å². The van der Waals surface area contributed by atoms with Crippen molar-refractivity contribution < 1.29 is 4.79 Å². The van der Waals surface area contributed by atoms with E-state index in [0.29, 0.717) is 18.0 Å². The van der Waals surface area contributed by atoms with Gasteiger partial charge in [-0.2, -0.15) is 0 Å². The second-order valence-corrected chi connectivity index (χ2v) is 7.30. The van der Waals surface area contributed by atoms with Crippen molar-refractivity contribution in [1.29, 1.82) is 0 Å². The summed E-state index contributed by atoms with van der Waals surface area (Å²) in [5.74, 6) is 1.72. The van der Waals surface area contributed by atoms with Gasteiger partial charge in [0.25, 0.3) is 0 Å². The van der Waals surface area contributed by atoms with Crippen molar-refractivity contribution in [3.63, 3.8) is 0 Å². The summed E-state index contributed by atoms with van der Waals surface area (Å²) in [7, 11) is 0. The van der Waals surface area contributed by atoms with E-state index in [4.69, 9.17) is 0 Å². The number of rotatable bonds is 3. The van der Waals surface area contributed by atoms with Crippen LogP contribution in [0.4, 0.5) is 0 Å². The summed E-state index contributed by atoms with van der Waals surface area (Å²) in [5, 5.41) is 6.89. The molecule has 3 rings (SSSR count). The van der Waals surface area contributed by atoms with Gasteiger partial charge in [0, 0.05) is 12.1 Å². The maximum atomic E-state index is 12.5. The minimum Gasteiger partial charge on any atom is -0.352 e. The van der Waals surface area contributed by atoms with Crippen LogP contribution in [0.3, 0.4) is 0 Å². The highest BCUT2D eigenvalue weighted by Crippen LogP contribution is 2.33. The molecule has 0 radical (unpaired) electrons. The van der Waals surface area contributed by atoms with Crippen molar-refractivity contribution in [3.05, 3.63) is 0 Å². The van der Waals surface area contributed by atoms with Crippen molar-refractivity contribution in [1.82, 2.24) is 10.6 Å². The Labute approximate surface area is 123 Å². The summed E-state index contributed by atoms with van der Waals surface area (Å²) in [4.78, 5) is 12.5. The van der Waals surface area contributed by atoms with Gasteiger partial charge in [-0.1, -0.05) is 32.1 Å².